The third-order valence-electron chi connectivity index (χ3n) is 4.84. The van der Waals surface area contributed by atoms with Gasteiger partial charge in [-0.05, 0) is 25.5 Å². The first-order valence-electron chi connectivity index (χ1n) is 8.97. The lowest BCUT2D eigenvalue weighted by Gasteiger charge is -2.25. The molecule has 26 heavy (non-hydrogen) atoms. The summed E-state index contributed by atoms with van der Waals surface area (Å²) in [6.45, 7) is 1.94. The number of piperidine rings is 1. The molecule has 1 atom stereocenters. The van der Waals surface area contributed by atoms with E-state index >= 15 is 0 Å². The molecule has 7 nitrogen and oxygen atoms in total. The fourth-order valence-electron chi connectivity index (χ4n) is 3.51. The highest BCUT2D eigenvalue weighted by atomic mass is 32.2. The van der Waals surface area contributed by atoms with Gasteiger partial charge < -0.3 is 19.6 Å². The van der Waals surface area contributed by atoms with Crippen molar-refractivity contribution >= 4 is 33.5 Å². The number of hydrogen-bond acceptors (Lipinski definition) is 7. The van der Waals surface area contributed by atoms with E-state index in [1.807, 2.05) is 18.5 Å². The third-order valence-corrected chi connectivity index (χ3v) is 5.85. The fraction of sp³-hybridized carbons (Fsp3) is 0.389. The second-order valence-corrected chi connectivity index (χ2v) is 7.67. The van der Waals surface area contributed by atoms with Gasteiger partial charge >= 0.3 is 0 Å². The molecule has 0 aromatic carbocycles. The van der Waals surface area contributed by atoms with Crippen LogP contribution in [0.1, 0.15) is 37.0 Å². The normalized spacial score (nSPS) is 21.2. The Morgan fingerprint density at radius 2 is 2.23 bits per heavy atom. The number of oxazole rings is 1. The molecule has 0 amide bonds. The molecule has 3 aromatic rings. The van der Waals surface area contributed by atoms with Gasteiger partial charge in [0.05, 0.1) is 22.5 Å². The molecule has 2 aliphatic rings. The number of anilines is 1. The number of nitrogens with zero attached hydrogens (tertiary/aromatic N) is 4. The van der Waals surface area contributed by atoms with Crippen molar-refractivity contribution in [1.82, 2.24) is 25.3 Å². The fourth-order valence-corrected chi connectivity index (χ4v) is 4.46. The average molecular weight is 368 g/mol. The molecule has 0 spiro atoms. The van der Waals surface area contributed by atoms with Crippen molar-refractivity contribution in [2.75, 3.05) is 23.7 Å². The summed E-state index contributed by atoms with van der Waals surface area (Å²) in [5.41, 5.74) is 0.855. The summed E-state index contributed by atoms with van der Waals surface area (Å²) < 4.78 is 6.09. The van der Waals surface area contributed by atoms with Crippen molar-refractivity contribution in [2.45, 2.75) is 25.3 Å². The molecular formula is C18H20N6OS. The van der Waals surface area contributed by atoms with Crippen LogP contribution in [-0.4, -0.2) is 38.8 Å². The Kier molecular flexibility index (Phi) is 4.14. The Morgan fingerprint density at radius 1 is 1.23 bits per heavy atom. The molecule has 1 saturated heterocycles. The molecule has 134 valence electrons. The minimum atomic E-state index is 0.240. The first kappa shape index (κ1) is 15.9. The molecule has 0 radical (unpaired) electrons. The quantitative estimate of drug-likeness (QED) is 0.734. The zero-order valence-electron chi connectivity index (χ0n) is 14.3. The highest BCUT2D eigenvalue weighted by Crippen LogP contribution is 2.35. The van der Waals surface area contributed by atoms with Gasteiger partial charge in [-0.3, -0.25) is 0 Å². The lowest BCUT2D eigenvalue weighted by Crippen LogP contribution is -2.26. The van der Waals surface area contributed by atoms with Crippen molar-refractivity contribution in [3.8, 4) is 0 Å². The predicted molar refractivity (Wildman–Crippen MR) is 103 cm³/mol. The Bertz CT molecular complexity index is 942. The highest BCUT2D eigenvalue weighted by Gasteiger charge is 2.23. The number of nitrogens with one attached hydrogen (secondary N) is 2. The van der Waals surface area contributed by atoms with Crippen LogP contribution < -0.4 is 10.2 Å². The van der Waals surface area contributed by atoms with Gasteiger partial charge in [-0.15, -0.1) is 11.8 Å². The number of rotatable bonds is 3. The van der Waals surface area contributed by atoms with E-state index in [0.717, 1.165) is 58.7 Å². The van der Waals surface area contributed by atoms with Gasteiger partial charge in [0.15, 0.2) is 5.76 Å². The summed E-state index contributed by atoms with van der Waals surface area (Å²) in [5.74, 6) is 3.52. The van der Waals surface area contributed by atoms with Gasteiger partial charge in [0.1, 0.15) is 17.8 Å². The van der Waals surface area contributed by atoms with Crippen LogP contribution in [-0.2, 0) is 0 Å². The second kappa shape index (κ2) is 6.77. The first-order valence-corrected chi connectivity index (χ1v) is 9.96. The molecular weight excluding hydrogens is 348 g/mol. The zero-order valence-corrected chi connectivity index (χ0v) is 15.1. The monoisotopic (exact) mass is 368 g/mol. The van der Waals surface area contributed by atoms with Gasteiger partial charge in [0.2, 0.25) is 5.89 Å². The van der Waals surface area contributed by atoms with Crippen LogP contribution in [0, 0.1) is 0 Å². The van der Waals surface area contributed by atoms with Gasteiger partial charge in [0.25, 0.3) is 0 Å². The van der Waals surface area contributed by atoms with Crippen molar-refractivity contribution in [1.29, 1.82) is 0 Å². The lowest BCUT2D eigenvalue weighted by molar-refractivity contribution is 0.337. The number of fused-ring (bicyclic) bond motifs is 1. The molecule has 3 aromatic heterocycles. The molecule has 0 aliphatic carbocycles. The Labute approximate surface area is 155 Å². The van der Waals surface area contributed by atoms with Gasteiger partial charge in [-0.1, -0.05) is 6.42 Å². The summed E-state index contributed by atoms with van der Waals surface area (Å²) in [6, 6.07) is 2.26. The van der Waals surface area contributed by atoms with E-state index in [2.05, 4.69) is 36.4 Å². The largest absolute Gasteiger partial charge is 0.438 e. The topological polar surface area (TPSA) is 82.9 Å². The molecule has 5 heterocycles. The van der Waals surface area contributed by atoms with Crippen LogP contribution in [0.15, 0.2) is 35.4 Å². The van der Waals surface area contributed by atoms with Gasteiger partial charge in [0, 0.05) is 24.7 Å². The Hall–Kier alpha value is -2.32. The van der Waals surface area contributed by atoms with Crippen molar-refractivity contribution in [2.24, 2.45) is 0 Å². The maximum absolute atomic E-state index is 6.09. The molecule has 5 rings (SSSR count). The van der Waals surface area contributed by atoms with E-state index in [-0.39, 0.29) is 6.04 Å². The predicted octanol–water partition coefficient (Wildman–Crippen LogP) is 3.31. The smallest absolute Gasteiger partial charge is 0.212 e. The minimum absolute atomic E-state index is 0.240. The van der Waals surface area contributed by atoms with Crippen LogP contribution in [0.3, 0.4) is 0 Å². The summed E-state index contributed by atoms with van der Waals surface area (Å²) in [5, 5.41) is 4.52. The SMILES string of the molecule is C1=C(c2cnc([C@H]3CCCCN3)o2)SCCN1c1ncnc2[nH]ccc12. The maximum Gasteiger partial charge on any atom is 0.212 e. The number of thioether (sulfide) groups is 1. The number of H-pyrrole nitrogens is 1. The van der Waals surface area contributed by atoms with Crippen LogP contribution in [0.4, 0.5) is 5.82 Å². The molecule has 2 N–H and O–H groups in total. The second-order valence-electron chi connectivity index (χ2n) is 6.54. The summed E-state index contributed by atoms with van der Waals surface area (Å²) >= 11 is 1.80. The van der Waals surface area contributed by atoms with Crippen molar-refractivity contribution < 1.29 is 4.42 Å². The van der Waals surface area contributed by atoms with Crippen LogP contribution in [0.5, 0.6) is 0 Å². The number of hydrogen-bond donors (Lipinski definition) is 2. The molecule has 8 heteroatoms. The van der Waals surface area contributed by atoms with E-state index in [0.29, 0.717) is 0 Å². The summed E-state index contributed by atoms with van der Waals surface area (Å²) in [4.78, 5) is 19.7. The van der Waals surface area contributed by atoms with Crippen molar-refractivity contribution in [3.63, 3.8) is 0 Å². The minimum Gasteiger partial charge on any atom is -0.438 e. The zero-order chi connectivity index (χ0) is 17.3. The molecule has 2 aliphatic heterocycles. The Balaban J connectivity index is 1.44. The van der Waals surface area contributed by atoms with E-state index < -0.39 is 0 Å². The molecule has 0 unspecified atom stereocenters. The third kappa shape index (κ3) is 2.89. The summed E-state index contributed by atoms with van der Waals surface area (Å²) in [7, 11) is 0. The number of aromatic amines is 1. The molecule has 0 bridgehead atoms. The number of aromatic nitrogens is 4. The first-order chi connectivity index (χ1) is 12.9. The Morgan fingerprint density at radius 3 is 3.15 bits per heavy atom. The van der Waals surface area contributed by atoms with Crippen LogP contribution in [0.25, 0.3) is 15.9 Å². The van der Waals surface area contributed by atoms with Crippen LogP contribution in [0.2, 0.25) is 0 Å². The van der Waals surface area contributed by atoms with E-state index in [1.54, 1.807) is 18.1 Å². The lowest BCUT2D eigenvalue weighted by atomic mass is 10.1. The van der Waals surface area contributed by atoms with Gasteiger partial charge in [-0.25, -0.2) is 15.0 Å². The molecule has 1 fully saturated rings. The average Bonchev–Trinajstić information content (AvgIpc) is 3.38. The van der Waals surface area contributed by atoms with Crippen molar-refractivity contribution in [3.05, 3.63) is 42.6 Å². The maximum atomic E-state index is 6.09. The van der Waals surface area contributed by atoms with Crippen LogP contribution >= 0.6 is 11.8 Å². The standard InChI is InChI=1S/C18H20N6OS/c1-2-5-19-13(3-1)18-21-9-14(25-18)15-10-24(7-8-26-15)17-12-4-6-20-16(12)22-11-23-17/h4,6,9-11,13,19H,1-3,5,7-8H2,(H,20,22,23)/t13-/m1/s1. The van der Waals surface area contributed by atoms with E-state index in [9.17, 15) is 0 Å². The molecule has 0 saturated carbocycles. The summed E-state index contributed by atoms with van der Waals surface area (Å²) in [6.07, 6.45) is 11.0. The van der Waals surface area contributed by atoms with Gasteiger partial charge in [-0.2, -0.15) is 0 Å². The van der Waals surface area contributed by atoms with E-state index in [4.69, 9.17) is 4.42 Å². The van der Waals surface area contributed by atoms with E-state index in [1.165, 1.54) is 12.8 Å². The highest BCUT2D eigenvalue weighted by molar-refractivity contribution is 8.08.